The summed E-state index contributed by atoms with van der Waals surface area (Å²) in [6, 6.07) is 0.119. The minimum absolute atomic E-state index is 0.119. The number of rotatable bonds is 8. The first-order valence-corrected chi connectivity index (χ1v) is 8.71. The van der Waals surface area contributed by atoms with Gasteiger partial charge >= 0.3 is 0 Å². The van der Waals surface area contributed by atoms with Gasteiger partial charge in [-0.25, -0.2) is 13.1 Å². The summed E-state index contributed by atoms with van der Waals surface area (Å²) in [5.41, 5.74) is 1.29. The summed E-state index contributed by atoms with van der Waals surface area (Å²) in [7, 11) is -3.43. The van der Waals surface area contributed by atoms with Crippen molar-refractivity contribution in [1.82, 2.24) is 19.8 Å². The van der Waals surface area contributed by atoms with Crippen molar-refractivity contribution in [1.29, 1.82) is 0 Å². The van der Waals surface area contributed by atoms with Crippen LogP contribution in [0.4, 0.5) is 0 Å². The molecule has 1 fully saturated rings. The van der Waals surface area contributed by atoms with E-state index in [-0.39, 0.29) is 6.04 Å². The van der Waals surface area contributed by atoms with E-state index in [4.69, 9.17) is 0 Å². The molecule has 1 aromatic rings. The minimum Gasteiger partial charge on any atom is -0.315 e. The summed E-state index contributed by atoms with van der Waals surface area (Å²) in [5.74, 6) is 0. The lowest BCUT2D eigenvalue weighted by Crippen LogP contribution is -2.27. The second-order valence-electron chi connectivity index (χ2n) is 5.37. The third-order valence-corrected chi connectivity index (χ3v) is 5.18. The van der Waals surface area contributed by atoms with Crippen LogP contribution < -0.4 is 10.0 Å². The second-order valence-corrected chi connectivity index (χ2v) is 7.02. The van der Waals surface area contributed by atoms with Gasteiger partial charge in [0.15, 0.2) is 0 Å². The molecule has 1 saturated carbocycles. The van der Waals surface area contributed by atoms with Crippen molar-refractivity contribution in [3.63, 3.8) is 0 Å². The predicted molar refractivity (Wildman–Crippen MR) is 78.2 cm³/mol. The van der Waals surface area contributed by atoms with Crippen molar-refractivity contribution in [2.75, 3.05) is 13.1 Å². The van der Waals surface area contributed by atoms with Gasteiger partial charge in [-0.2, -0.15) is 5.10 Å². The molecule has 2 rings (SSSR count). The molecule has 0 unspecified atom stereocenters. The minimum atomic E-state index is -3.43. The summed E-state index contributed by atoms with van der Waals surface area (Å²) in [6.07, 6.45) is 2.96. The van der Waals surface area contributed by atoms with Crippen molar-refractivity contribution < 1.29 is 8.42 Å². The SMILES string of the molecule is CCCNCCn1nc(C)c(S(=O)(=O)NC2CC2)c1C. The smallest absolute Gasteiger partial charge is 0.244 e. The van der Waals surface area contributed by atoms with Crippen LogP contribution in [-0.2, 0) is 16.6 Å². The van der Waals surface area contributed by atoms with Crippen LogP contribution in [0.3, 0.4) is 0 Å². The fourth-order valence-electron chi connectivity index (χ4n) is 2.25. The molecule has 2 N–H and O–H groups in total. The molecule has 0 aromatic carbocycles. The highest BCUT2D eigenvalue weighted by Crippen LogP contribution is 2.25. The molecular formula is C13H24N4O2S. The Hall–Kier alpha value is -0.920. The lowest BCUT2D eigenvalue weighted by atomic mass is 10.4. The Morgan fingerprint density at radius 2 is 2.00 bits per heavy atom. The van der Waals surface area contributed by atoms with E-state index in [2.05, 4.69) is 22.1 Å². The molecule has 0 saturated heterocycles. The summed E-state index contributed by atoms with van der Waals surface area (Å²) < 4.78 is 29.2. The Labute approximate surface area is 121 Å². The van der Waals surface area contributed by atoms with Crippen molar-refractivity contribution in [3.8, 4) is 0 Å². The molecule has 114 valence electrons. The number of nitrogens with one attached hydrogen (secondary N) is 2. The van der Waals surface area contributed by atoms with Crippen molar-refractivity contribution in [2.24, 2.45) is 0 Å². The molecule has 0 amide bonds. The lowest BCUT2D eigenvalue weighted by molar-refractivity contribution is 0.539. The van der Waals surface area contributed by atoms with Gasteiger partial charge in [0.25, 0.3) is 0 Å². The van der Waals surface area contributed by atoms with E-state index in [1.165, 1.54) is 0 Å². The number of aromatic nitrogens is 2. The zero-order chi connectivity index (χ0) is 14.8. The zero-order valence-corrected chi connectivity index (χ0v) is 13.3. The van der Waals surface area contributed by atoms with Crippen molar-refractivity contribution in [2.45, 2.75) is 57.5 Å². The van der Waals surface area contributed by atoms with Crippen LogP contribution in [0.25, 0.3) is 0 Å². The van der Waals surface area contributed by atoms with Gasteiger partial charge in [0.1, 0.15) is 4.90 Å². The molecule has 20 heavy (non-hydrogen) atoms. The number of sulfonamides is 1. The Balaban J connectivity index is 2.11. The van der Waals surface area contributed by atoms with E-state index in [1.54, 1.807) is 11.6 Å². The third-order valence-electron chi connectivity index (χ3n) is 3.41. The van der Waals surface area contributed by atoms with Gasteiger partial charge in [0, 0.05) is 12.6 Å². The summed E-state index contributed by atoms with van der Waals surface area (Å²) in [5, 5.41) is 7.65. The van der Waals surface area contributed by atoms with Crippen LogP contribution in [0.15, 0.2) is 4.90 Å². The lowest BCUT2D eigenvalue weighted by Gasteiger charge is -2.07. The van der Waals surface area contributed by atoms with Gasteiger partial charge in [-0.15, -0.1) is 0 Å². The summed E-state index contributed by atoms with van der Waals surface area (Å²) in [6.45, 7) is 8.14. The molecule has 1 aromatic heterocycles. The van der Waals surface area contributed by atoms with E-state index >= 15 is 0 Å². The van der Waals surface area contributed by atoms with E-state index in [1.807, 2.05) is 6.92 Å². The van der Waals surface area contributed by atoms with E-state index in [0.717, 1.165) is 32.4 Å². The van der Waals surface area contributed by atoms with Crippen LogP contribution in [0.2, 0.25) is 0 Å². The number of hydrogen-bond donors (Lipinski definition) is 2. The van der Waals surface area contributed by atoms with Gasteiger partial charge in [0.05, 0.1) is 17.9 Å². The van der Waals surface area contributed by atoms with E-state index in [0.29, 0.717) is 22.8 Å². The van der Waals surface area contributed by atoms with Crippen molar-refractivity contribution >= 4 is 10.0 Å². The fraction of sp³-hybridized carbons (Fsp3) is 0.769. The van der Waals surface area contributed by atoms with Crippen LogP contribution in [0.1, 0.15) is 37.6 Å². The Bertz CT molecular complexity index is 561. The highest BCUT2D eigenvalue weighted by molar-refractivity contribution is 7.89. The molecule has 0 bridgehead atoms. The normalized spacial score (nSPS) is 15.8. The maximum absolute atomic E-state index is 12.3. The molecule has 7 heteroatoms. The first-order valence-electron chi connectivity index (χ1n) is 7.22. The standard InChI is InChI=1S/C13H24N4O2S/c1-4-7-14-8-9-17-11(3)13(10(2)15-17)20(18,19)16-12-5-6-12/h12,14,16H,4-9H2,1-3H3. The maximum atomic E-state index is 12.3. The van der Waals surface area contributed by atoms with Gasteiger partial charge < -0.3 is 5.32 Å². The van der Waals surface area contributed by atoms with Crippen molar-refractivity contribution in [3.05, 3.63) is 11.4 Å². The molecule has 0 aliphatic heterocycles. The molecular weight excluding hydrogens is 276 g/mol. The fourth-order valence-corrected chi connectivity index (χ4v) is 3.97. The van der Waals surface area contributed by atoms with E-state index in [9.17, 15) is 8.42 Å². The molecule has 0 atom stereocenters. The van der Waals surface area contributed by atoms with E-state index < -0.39 is 10.0 Å². The van der Waals surface area contributed by atoms with Crippen LogP contribution in [0.5, 0.6) is 0 Å². The Kier molecular flexibility index (Phi) is 4.82. The van der Waals surface area contributed by atoms with Gasteiger partial charge in [0.2, 0.25) is 10.0 Å². The Morgan fingerprint density at radius 3 is 2.60 bits per heavy atom. The van der Waals surface area contributed by atoms with Crippen LogP contribution in [-0.4, -0.2) is 37.3 Å². The van der Waals surface area contributed by atoms with Crippen LogP contribution >= 0.6 is 0 Å². The maximum Gasteiger partial charge on any atom is 0.244 e. The van der Waals surface area contributed by atoms with Crippen LogP contribution in [0, 0.1) is 13.8 Å². The average Bonchev–Trinajstić information content (AvgIpc) is 3.10. The molecule has 1 aliphatic rings. The highest BCUT2D eigenvalue weighted by Gasteiger charge is 2.31. The number of nitrogens with zero attached hydrogens (tertiary/aromatic N) is 2. The zero-order valence-electron chi connectivity index (χ0n) is 12.4. The summed E-state index contributed by atoms with van der Waals surface area (Å²) >= 11 is 0. The quantitative estimate of drug-likeness (QED) is 0.701. The number of hydrogen-bond acceptors (Lipinski definition) is 4. The first kappa shape index (κ1) is 15.5. The average molecular weight is 300 g/mol. The molecule has 1 heterocycles. The topological polar surface area (TPSA) is 76.0 Å². The molecule has 6 nitrogen and oxygen atoms in total. The molecule has 0 spiro atoms. The van der Waals surface area contributed by atoms with Gasteiger partial charge in [-0.3, -0.25) is 4.68 Å². The Morgan fingerprint density at radius 1 is 1.30 bits per heavy atom. The highest BCUT2D eigenvalue weighted by atomic mass is 32.2. The second kappa shape index (κ2) is 6.24. The first-order chi connectivity index (χ1) is 9.45. The molecule has 0 radical (unpaired) electrons. The summed E-state index contributed by atoms with van der Waals surface area (Å²) in [4.78, 5) is 0.347. The largest absolute Gasteiger partial charge is 0.315 e. The molecule has 1 aliphatic carbocycles. The number of aryl methyl sites for hydroxylation is 1. The van der Waals surface area contributed by atoms with Gasteiger partial charge in [-0.1, -0.05) is 6.92 Å². The van der Waals surface area contributed by atoms with Gasteiger partial charge in [-0.05, 0) is 39.7 Å². The third kappa shape index (κ3) is 3.59. The predicted octanol–water partition coefficient (Wildman–Crippen LogP) is 0.940. The monoisotopic (exact) mass is 300 g/mol.